The minimum atomic E-state index is -3.66. The fourth-order valence-electron chi connectivity index (χ4n) is 2.93. The van der Waals surface area contributed by atoms with Gasteiger partial charge in [0.05, 0.1) is 25.6 Å². The maximum Gasteiger partial charge on any atom is 0.246 e. The van der Waals surface area contributed by atoms with Gasteiger partial charge in [-0.25, -0.2) is 8.42 Å². The summed E-state index contributed by atoms with van der Waals surface area (Å²) in [7, 11) is -2.08. The molecule has 0 atom stereocenters. The Hall–Kier alpha value is -3.40. The molecular formula is C21H24N4O5S. The van der Waals surface area contributed by atoms with E-state index in [0.29, 0.717) is 17.3 Å². The average Bonchev–Trinajstić information content (AvgIpc) is 3.21. The molecule has 0 fully saturated rings. The standard InChI is InChI=1S/C21H24N4O5S/c1-14-6-5-7-18(15(14)2)25(31(4,27)28)13-19(26)22-12-20-23-21(24-30-20)16-8-10-17(29-3)11-9-16/h5-11H,12-13H2,1-4H3,(H,22,26). The van der Waals surface area contributed by atoms with E-state index in [1.807, 2.05) is 19.9 Å². The number of hydrogen-bond donors (Lipinski definition) is 1. The van der Waals surface area contributed by atoms with E-state index in [4.69, 9.17) is 9.26 Å². The highest BCUT2D eigenvalue weighted by Crippen LogP contribution is 2.24. The number of aromatic nitrogens is 2. The van der Waals surface area contributed by atoms with Crippen molar-refractivity contribution in [2.24, 2.45) is 0 Å². The van der Waals surface area contributed by atoms with Crippen LogP contribution in [0.1, 0.15) is 17.0 Å². The predicted molar refractivity (Wildman–Crippen MR) is 116 cm³/mol. The summed E-state index contributed by atoms with van der Waals surface area (Å²) < 4.78 is 36.0. The summed E-state index contributed by atoms with van der Waals surface area (Å²) in [4.78, 5) is 16.7. The number of amides is 1. The molecule has 9 nitrogen and oxygen atoms in total. The number of sulfonamides is 1. The zero-order valence-electron chi connectivity index (χ0n) is 17.7. The van der Waals surface area contributed by atoms with Crippen molar-refractivity contribution in [2.45, 2.75) is 20.4 Å². The van der Waals surface area contributed by atoms with E-state index in [1.165, 1.54) is 0 Å². The Balaban J connectivity index is 1.67. The van der Waals surface area contributed by atoms with Gasteiger partial charge in [0.1, 0.15) is 12.3 Å². The van der Waals surface area contributed by atoms with Crippen molar-refractivity contribution in [3.63, 3.8) is 0 Å². The first kappa shape index (κ1) is 22.3. The summed E-state index contributed by atoms with van der Waals surface area (Å²) in [5.41, 5.74) is 2.93. The normalized spacial score (nSPS) is 11.2. The van der Waals surface area contributed by atoms with Crippen LogP contribution in [0.5, 0.6) is 5.75 Å². The van der Waals surface area contributed by atoms with Crippen LogP contribution >= 0.6 is 0 Å². The van der Waals surface area contributed by atoms with Crippen molar-refractivity contribution in [1.82, 2.24) is 15.5 Å². The number of hydrogen-bond acceptors (Lipinski definition) is 7. The number of benzene rings is 2. The molecule has 0 aliphatic heterocycles. The molecule has 0 saturated carbocycles. The van der Waals surface area contributed by atoms with Gasteiger partial charge in [-0.1, -0.05) is 17.3 Å². The molecule has 0 saturated heterocycles. The Morgan fingerprint density at radius 2 is 1.87 bits per heavy atom. The van der Waals surface area contributed by atoms with Gasteiger partial charge in [-0.2, -0.15) is 4.98 Å². The molecule has 0 radical (unpaired) electrons. The van der Waals surface area contributed by atoms with E-state index in [0.717, 1.165) is 27.3 Å². The van der Waals surface area contributed by atoms with E-state index >= 15 is 0 Å². The third-order valence-electron chi connectivity index (χ3n) is 4.79. The highest BCUT2D eigenvalue weighted by molar-refractivity contribution is 7.92. The Kier molecular flexibility index (Phi) is 6.59. The molecule has 1 N–H and O–H groups in total. The van der Waals surface area contributed by atoms with Gasteiger partial charge in [0.15, 0.2) is 0 Å². The lowest BCUT2D eigenvalue weighted by atomic mass is 10.1. The van der Waals surface area contributed by atoms with Crippen molar-refractivity contribution in [3.8, 4) is 17.1 Å². The largest absolute Gasteiger partial charge is 0.497 e. The molecule has 31 heavy (non-hydrogen) atoms. The zero-order chi connectivity index (χ0) is 22.6. The molecule has 164 valence electrons. The number of carbonyl (C=O) groups excluding carboxylic acids is 1. The molecule has 0 aliphatic rings. The van der Waals surface area contributed by atoms with Crippen LogP contribution < -0.4 is 14.4 Å². The van der Waals surface area contributed by atoms with Gasteiger partial charge in [0, 0.05) is 5.56 Å². The molecule has 1 amide bonds. The number of aryl methyl sites for hydroxylation is 1. The first-order valence-corrected chi connectivity index (χ1v) is 11.3. The van der Waals surface area contributed by atoms with E-state index in [2.05, 4.69) is 15.5 Å². The van der Waals surface area contributed by atoms with Crippen molar-refractivity contribution in [3.05, 3.63) is 59.5 Å². The first-order valence-electron chi connectivity index (χ1n) is 9.46. The molecule has 3 rings (SSSR count). The Morgan fingerprint density at radius 1 is 1.16 bits per heavy atom. The quantitative estimate of drug-likeness (QED) is 0.567. The number of rotatable bonds is 8. The van der Waals surface area contributed by atoms with Crippen LogP contribution in [0, 0.1) is 13.8 Å². The molecule has 0 spiro atoms. The van der Waals surface area contributed by atoms with Crippen LogP contribution in [0.15, 0.2) is 47.0 Å². The molecule has 10 heteroatoms. The second-order valence-electron chi connectivity index (χ2n) is 7.01. The maximum absolute atomic E-state index is 12.5. The van der Waals surface area contributed by atoms with Crippen LogP contribution in [-0.4, -0.2) is 44.4 Å². The second kappa shape index (κ2) is 9.17. The van der Waals surface area contributed by atoms with Crippen LogP contribution in [0.3, 0.4) is 0 Å². The van der Waals surface area contributed by atoms with Gasteiger partial charge < -0.3 is 14.6 Å². The number of nitrogens with zero attached hydrogens (tertiary/aromatic N) is 3. The molecule has 1 heterocycles. The minimum absolute atomic E-state index is 0.0214. The highest BCUT2D eigenvalue weighted by atomic mass is 32.2. The zero-order valence-corrected chi connectivity index (χ0v) is 18.6. The fraction of sp³-hybridized carbons (Fsp3) is 0.286. The molecule has 0 unspecified atom stereocenters. The molecule has 1 aromatic heterocycles. The van der Waals surface area contributed by atoms with Crippen molar-refractivity contribution >= 4 is 21.6 Å². The molecule has 2 aromatic carbocycles. The van der Waals surface area contributed by atoms with E-state index in [-0.39, 0.29) is 19.0 Å². The smallest absolute Gasteiger partial charge is 0.246 e. The van der Waals surface area contributed by atoms with E-state index < -0.39 is 15.9 Å². The summed E-state index contributed by atoms with van der Waals surface area (Å²) in [5.74, 6) is 0.798. The Labute approximate surface area is 181 Å². The lowest BCUT2D eigenvalue weighted by Crippen LogP contribution is -2.40. The highest BCUT2D eigenvalue weighted by Gasteiger charge is 2.23. The summed E-state index contributed by atoms with van der Waals surface area (Å²) in [6.45, 7) is 3.32. The van der Waals surface area contributed by atoms with Crippen LogP contribution in [0.25, 0.3) is 11.4 Å². The topological polar surface area (TPSA) is 115 Å². The number of carbonyl (C=O) groups is 1. The number of methoxy groups -OCH3 is 1. The van der Waals surface area contributed by atoms with E-state index in [1.54, 1.807) is 43.5 Å². The van der Waals surface area contributed by atoms with Gasteiger partial charge in [-0.3, -0.25) is 9.10 Å². The lowest BCUT2D eigenvalue weighted by Gasteiger charge is -2.24. The van der Waals surface area contributed by atoms with Crippen LogP contribution in [-0.2, 0) is 21.4 Å². The summed E-state index contributed by atoms with van der Waals surface area (Å²) >= 11 is 0. The molecular weight excluding hydrogens is 420 g/mol. The molecule has 0 bridgehead atoms. The number of ether oxygens (including phenoxy) is 1. The molecule has 3 aromatic rings. The summed E-state index contributed by atoms with van der Waals surface area (Å²) in [6.07, 6.45) is 1.07. The Morgan fingerprint density at radius 3 is 2.52 bits per heavy atom. The number of anilines is 1. The SMILES string of the molecule is COc1ccc(-c2noc(CNC(=O)CN(c3cccc(C)c3C)S(C)(=O)=O)n2)cc1. The first-order chi connectivity index (χ1) is 14.7. The van der Waals surface area contributed by atoms with Crippen molar-refractivity contribution in [1.29, 1.82) is 0 Å². The van der Waals surface area contributed by atoms with Gasteiger partial charge in [-0.15, -0.1) is 0 Å². The van der Waals surface area contributed by atoms with Crippen LogP contribution in [0.2, 0.25) is 0 Å². The summed E-state index contributed by atoms with van der Waals surface area (Å²) in [5, 5.41) is 6.53. The van der Waals surface area contributed by atoms with Gasteiger partial charge >= 0.3 is 0 Å². The van der Waals surface area contributed by atoms with Gasteiger partial charge in [-0.05, 0) is 55.3 Å². The van der Waals surface area contributed by atoms with Gasteiger partial charge in [0.2, 0.25) is 27.6 Å². The number of nitrogens with one attached hydrogen (secondary N) is 1. The Bertz CT molecular complexity index is 1170. The fourth-order valence-corrected chi connectivity index (χ4v) is 3.84. The van der Waals surface area contributed by atoms with E-state index in [9.17, 15) is 13.2 Å². The average molecular weight is 445 g/mol. The third-order valence-corrected chi connectivity index (χ3v) is 5.91. The van der Waals surface area contributed by atoms with Gasteiger partial charge in [0.25, 0.3) is 0 Å². The lowest BCUT2D eigenvalue weighted by molar-refractivity contribution is -0.119. The second-order valence-corrected chi connectivity index (χ2v) is 8.91. The van der Waals surface area contributed by atoms with Crippen LogP contribution in [0.4, 0.5) is 5.69 Å². The maximum atomic E-state index is 12.5. The van der Waals surface area contributed by atoms with Crippen molar-refractivity contribution < 1.29 is 22.5 Å². The monoisotopic (exact) mass is 444 g/mol. The third kappa shape index (κ3) is 5.40. The molecule has 0 aliphatic carbocycles. The summed E-state index contributed by atoms with van der Waals surface area (Å²) in [6, 6.07) is 12.5. The van der Waals surface area contributed by atoms with Crippen molar-refractivity contribution in [2.75, 3.05) is 24.2 Å². The predicted octanol–water partition coefficient (Wildman–Crippen LogP) is 2.44. The minimum Gasteiger partial charge on any atom is -0.497 e.